The number of hydrogen-bond donors (Lipinski definition) is 3. The molecular weight excluding hydrogens is 425 g/mol. The second kappa shape index (κ2) is 11.1. The summed E-state index contributed by atoms with van der Waals surface area (Å²) < 4.78 is 45.3. The largest absolute Gasteiger partial charge is 0.452 e. The first-order chi connectivity index (χ1) is 15.1. The lowest BCUT2D eigenvalue weighted by molar-refractivity contribution is -0.137. The Kier molecular flexibility index (Phi) is 8.82. The van der Waals surface area contributed by atoms with E-state index in [0.29, 0.717) is 49.1 Å². The van der Waals surface area contributed by atoms with Crippen molar-refractivity contribution in [1.82, 2.24) is 20.4 Å². The van der Waals surface area contributed by atoms with Crippen LogP contribution >= 0.6 is 0 Å². The number of aliphatic hydroxyl groups is 1. The molecule has 1 amide bonds. The molecule has 0 aromatic heterocycles. The van der Waals surface area contributed by atoms with Crippen LogP contribution in [-0.2, 0) is 11.0 Å². The summed E-state index contributed by atoms with van der Waals surface area (Å²) in [4.78, 5) is 14.8. The molecule has 1 aromatic rings. The van der Waals surface area contributed by atoms with Gasteiger partial charge >= 0.3 is 6.18 Å². The maximum absolute atomic E-state index is 13.1. The number of carbonyl (C=O) groups is 1. The Hall–Kier alpha value is -2.88. The van der Waals surface area contributed by atoms with E-state index in [1.807, 2.05) is 9.80 Å². The maximum atomic E-state index is 13.1. The van der Waals surface area contributed by atoms with E-state index in [1.54, 1.807) is 7.05 Å². The molecule has 0 saturated heterocycles. The van der Waals surface area contributed by atoms with E-state index < -0.39 is 18.1 Å². The van der Waals surface area contributed by atoms with Gasteiger partial charge in [-0.25, -0.2) is 0 Å². The van der Waals surface area contributed by atoms with Gasteiger partial charge in [0, 0.05) is 26.7 Å². The van der Waals surface area contributed by atoms with Crippen LogP contribution in [0.2, 0.25) is 0 Å². The average Bonchev–Trinajstić information content (AvgIpc) is 3.08. The van der Waals surface area contributed by atoms with Gasteiger partial charge in [-0.1, -0.05) is 26.5 Å². The average molecular weight is 457 g/mol. The van der Waals surface area contributed by atoms with Gasteiger partial charge in [-0.05, 0) is 37.0 Å². The van der Waals surface area contributed by atoms with Crippen LogP contribution in [0.4, 0.5) is 13.2 Å². The number of hydrogen-bond acceptors (Lipinski definition) is 6. The van der Waals surface area contributed by atoms with Crippen LogP contribution in [0.25, 0.3) is 0 Å². The summed E-state index contributed by atoms with van der Waals surface area (Å²) in [5, 5.41) is 15.0. The highest BCUT2D eigenvalue weighted by atomic mass is 19.4. The molecule has 32 heavy (non-hydrogen) atoms. The Morgan fingerprint density at radius 3 is 2.75 bits per heavy atom. The molecule has 0 aliphatic carbocycles. The van der Waals surface area contributed by atoms with Crippen molar-refractivity contribution in [3.05, 3.63) is 53.6 Å². The molecule has 7 nitrogen and oxygen atoms in total. The van der Waals surface area contributed by atoms with Gasteiger partial charge in [0.25, 0.3) is 6.35 Å². The fourth-order valence-electron chi connectivity index (χ4n) is 3.28. The molecule has 0 spiro atoms. The Labute approximate surface area is 186 Å². The van der Waals surface area contributed by atoms with Crippen LogP contribution in [0.5, 0.6) is 5.75 Å². The molecule has 1 heterocycles. The van der Waals surface area contributed by atoms with Crippen LogP contribution in [0.1, 0.15) is 32.3 Å². The predicted octanol–water partition coefficient (Wildman–Crippen LogP) is 3.06. The molecule has 0 saturated carbocycles. The minimum absolute atomic E-state index is 0.00170. The van der Waals surface area contributed by atoms with E-state index in [2.05, 4.69) is 31.1 Å². The number of alkyl halides is 3. The lowest BCUT2D eigenvalue weighted by Crippen LogP contribution is -2.44. The van der Waals surface area contributed by atoms with Gasteiger partial charge < -0.3 is 30.3 Å². The molecule has 1 aromatic carbocycles. The fourth-order valence-corrected chi connectivity index (χ4v) is 3.28. The number of nitrogens with zero attached hydrogens (tertiary/aromatic N) is 2. The Morgan fingerprint density at radius 2 is 2.16 bits per heavy atom. The summed E-state index contributed by atoms with van der Waals surface area (Å²) in [7, 11) is 1.81. The highest BCUT2D eigenvalue weighted by molar-refractivity contribution is 5.53. The Balaban J connectivity index is 2.39. The minimum atomic E-state index is -4.49. The Morgan fingerprint density at radius 1 is 1.44 bits per heavy atom. The third-order valence-electron chi connectivity index (χ3n) is 4.96. The van der Waals surface area contributed by atoms with Crippen molar-refractivity contribution in [2.45, 2.75) is 39.2 Å². The van der Waals surface area contributed by atoms with E-state index >= 15 is 0 Å². The van der Waals surface area contributed by atoms with E-state index in [4.69, 9.17) is 4.74 Å². The van der Waals surface area contributed by atoms with Crippen molar-refractivity contribution in [3.63, 3.8) is 0 Å². The second-order valence-corrected chi connectivity index (χ2v) is 7.95. The number of rotatable bonds is 12. The summed E-state index contributed by atoms with van der Waals surface area (Å²) in [6, 6.07) is 4.69. The molecule has 0 radical (unpaired) electrons. The minimum Gasteiger partial charge on any atom is -0.452 e. The molecule has 1 atom stereocenters. The first kappa shape index (κ1) is 25.4. The topological polar surface area (TPSA) is 77.1 Å². The number of carbonyl (C=O) groups excluding carboxylic acids is 1. The molecule has 1 unspecified atom stereocenters. The summed E-state index contributed by atoms with van der Waals surface area (Å²) in [5.41, 5.74) is 0.106. The predicted molar refractivity (Wildman–Crippen MR) is 115 cm³/mol. The SMILES string of the molecule is C=C(NC=O)C1=C(N(C)CCCO)NC(Oc2cccc(C(F)(F)F)c2)N1CCC(C)C. The zero-order chi connectivity index (χ0) is 23.9. The van der Waals surface area contributed by atoms with Gasteiger partial charge in [0.2, 0.25) is 6.41 Å². The van der Waals surface area contributed by atoms with Crippen LogP contribution in [-0.4, -0.2) is 54.4 Å². The summed E-state index contributed by atoms with van der Waals surface area (Å²) in [6.45, 7) is 9.08. The number of ether oxygens (including phenoxy) is 1. The van der Waals surface area contributed by atoms with Crippen LogP contribution in [0.15, 0.2) is 48.1 Å². The molecule has 178 valence electrons. The maximum Gasteiger partial charge on any atom is 0.416 e. The zero-order valence-corrected chi connectivity index (χ0v) is 18.6. The van der Waals surface area contributed by atoms with Crippen LogP contribution in [0, 0.1) is 5.92 Å². The number of nitrogens with one attached hydrogen (secondary N) is 2. The van der Waals surface area contributed by atoms with Crippen LogP contribution < -0.4 is 15.4 Å². The van der Waals surface area contributed by atoms with Crippen molar-refractivity contribution in [2.75, 3.05) is 26.7 Å². The highest BCUT2D eigenvalue weighted by Crippen LogP contribution is 2.33. The molecule has 3 N–H and O–H groups in total. The summed E-state index contributed by atoms with van der Waals surface area (Å²) in [6.07, 6.45) is -3.50. The first-order valence-corrected chi connectivity index (χ1v) is 10.4. The van der Waals surface area contributed by atoms with E-state index in [0.717, 1.165) is 18.6 Å². The van der Waals surface area contributed by atoms with Gasteiger partial charge in [0.15, 0.2) is 0 Å². The molecule has 1 aliphatic heterocycles. The number of aliphatic hydroxyl groups excluding tert-OH is 1. The lowest BCUT2D eigenvalue weighted by atomic mass is 10.1. The number of amides is 1. The molecule has 1 aliphatic rings. The van der Waals surface area contributed by atoms with Gasteiger partial charge in [-0.2, -0.15) is 13.2 Å². The van der Waals surface area contributed by atoms with Crippen molar-refractivity contribution in [2.24, 2.45) is 5.92 Å². The van der Waals surface area contributed by atoms with Gasteiger partial charge in [-0.15, -0.1) is 0 Å². The summed E-state index contributed by atoms with van der Waals surface area (Å²) >= 11 is 0. The fraction of sp³-hybridized carbons (Fsp3) is 0.500. The first-order valence-electron chi connectivity index (χ1n) is 10.4. The highest BCUT2D eigenvalue weighted by Gasteiger charge is 2.36. The van der Waals surface area contributed by atoms with Crippen molar-refractivity contribution >= 4 is 6.41 Å². The third-order valence-corrected chi connectivity index (χ3v) is 4.96. The van der Waals surface area contributed by atoms with Gasteiger partial charge in [0.1, 0.15) is 17.3 Å². The second-order valence-electron chi connectivity index (χ2n) is 7.95. The third kappa shape index (κ3) is 6.56. The number of benzene rings is 1. The van der Waals surface area contributed by atoms with Crippen molar-refractivity contribution in [3.8, 4) is 5.75 Å². The van der Waals surface area contributed by atoms with Crippen LogP contribution in [0.3, 0.4) is 0 Å². The van der Waals surface area contributed by atoms with E-state index in [9.17, 15) is 23.1 Å². The van der Waals surface area contributed by atoms with Crippen molar-refractivity contribution in [1.29, 1.82) is 0 Å². The molecule has 0 fully saturated rings. The van der Waals surface area contributed by atoms with Gasteiger partial charge in [-0.3, -0.25) is 4.79 Å². The molecular formula is C22H31F3N4O3. The quantitative estimate of drug-likeness (QED) is 0.420. The molecule has 0 bridgehead atoms. The monoisotopic (exact) mass is 456 g/mol. The number of halogens is 3. The molecule has 10 heteroatoms. The molecule has 2 rings (SSSR count). The Bertz CT molecular complexity index is 827. The standard InChI is InChI=1S/C22H31F3N4O3/c1-15(2)9-11-29-19(16(3)26-14-31)20(28(4)10-6-12-30)27-21(29)32-18-8-5-7-17(13-18)22(23,24)25/h5,7-8,13-15,21,27,30H,3,6,9-12H2,1-2,4H3,(H,26,31). The van der Waals surface area contributed by atoms with E-state index in [-0.39, 0.29) is 12.4 Å². The van der Waals surface area contributed by atoms with Crippen molar-refractivity contribution < 1.29 is 27.8 Å². The lowest BCUT2D eigenvalue weighted by Gasteiger charge is -2.30. The van der Waals surface area contributed by atoms with E-state index in [1.165, 1.54) is 12.1 Å². The normalized spacial score (nSPS) is 16.2. The summed E-state index contributed by atoms with van der Waals surface area (Å²) in [5.74, 6) is 1.01. The smallest absolute Gasteiger partial charge is 0.416 e. The zero-order valence-electron chi connectivity index (χ0n) is 18.6. The van der Waals surface area contributed by atoms with Gasteiger partial charge in [0.05, 0.1) is 11.3 Å².